The Kier molecular flexibility index (Phi) is 5.45. The number of hydrogen-bond acceptors (Lipinski definition) is 2. The van der Waals surface area contributed by atoms with Crippen LogP contribution in [0.15, 0.2) is 36.0 Å². The summed E-state index contributed by atoms with van der Waals surface area (Å²) in [6.45, 7) is 12.3. The monoisotopic (exact) mass is 316 g/mol. The minimum atomic E-state index is -0.319. The summed E-state index contributed by atoms with van der Waals surface area (Å²) in [5.74, 6) is 0.0739. The summed E-state index contributed by atoms with van der Waals surface area (Å²) in [5.41, 5.74) is 2.30. The molecule has 2 rings (SSSR count). The van der Waals surface area contributed by atoms with E-state index in [-0.39, 0.29) is 29.9 Å². The molecular weight excluding hydrogens is 288 g/mol. The fraction of sp³-hybridized carbons (Fsp3) is 0.579. The molecular formula is C19H28N2O2. The Hall–Kier alpha value is -1.84. The van der Waals surface area contributed by atoms with Gasteiger partial charge in [0.05, 0.1) is 12.1 Å². The van der Waals surface area contributed by atoms with Crippen molar-refractivity contribution in [3.05, 3.63) is 36.0 Å². The standard InChI is InChI=1S/C19H28N2O2/c1-6-9-16-15(8-3)11-12-20-18(16)13(4)21(14(5)22)17(10-7-2)19(20)23/h6,8-9,13,17-18H,3,7,10-12H2,1-2,4-5H3/b9-6-. The molecule has 0 saturated carbocycles. The van der Waals surface area contributed by atoms with Gasteiger partial charge < -0.3 is 9.80 Å². The first-order valence-corrected chi connectivity index (χ1v) is 8.55. The summed E-state index contributed by atoms with van der Waals surface area (Å²) in [4.78, 5) is 29.0. The average Bonchev–Trinajstić information content (AvgIpc) is 2.52. The van der Waals surface area contributed by atoms with E-state index in [1.54, 1.807) is 11.8 Å². The fourth-order valence-corrected chi connectivity index (χ4v) is 4.04. The maximum atomic E-state index is 13.0. The van der Waals surface area contributed by atoms with Crippen molar-refractivity contribution in [1.29, 1.82) is 0 Å². The molecule has 1 saturated heterocycles. The highest BCUT2D eigenvalue weighted by atomic mass is 16.2. The first-order valence-electron chi connectivity index (χ1n) is 8.55. The average molecular weight is 316 g/mol. The van der Waals surface area contributed by atoms with E-state index in [0.717, 1.165) is 24.8 Å². The van der Waals surface area contributed by atoms with Crippen molar-refractivity contribution >= 4 is 11.8 Å². The van der Waals surface area contributed by atoms with Crippen LogP contribution >= 0.6 is 0 Å². The van der Waals surface area contributed by atoms with Crippen molar-refractivity contribution in [2.45, 2.75) is 65.1 Å². The topological polar surface area (TPSA) is 40.6 Å². The van der Waals surface area contributed by atoms with Crippen LogP contribution in [-0.2, 0) is 9.59 Å². The van der Waals surface area contributed by atoms with E-state index < -0.39 is 0 Å². The third-order valence-electron chi connectivity index (χ3n) is 4.97. The number of piperazine rings is 1. The minimum absolute atomic E-state index is 0.0190. The number of carbonyl (C=O) groups excluding carboxylic acids is 2. The Balaban J connectivity index is 2.52. The lowest BCUT2D eigenvalue weighted by atomic mass is 9.83. The van der Waals surface area contributed by atoms with Crippen LogP contribution < -0.4 is 0 Å². The van der Waals surface area contributed by atoms with E-state index in [1.165, 1.54) is 5.57 Å². The van der Waals surface area contributed by atoms with Crippen LogP contribution in [0, 0.1) is 0 Å². The number of rotatable bonds is 4. The van der Waals surface area contributed by atoms with Gasteiger partial charge in [0, 0.05) is 13.5 Å². The molecule has 2 aliphatic heterocycles. The van der Waals surface area contributed by atoms with Crippen molar-refractivity contribution < 1.29 is 9.59 Å². The molecule has 3 atom stereocenters. The minimum Gasteiger partial charge on any atom is -0.331 e. The van der Waals surface area contributed by atoms with Gasteiger partial charge in [0.25, 0.3) is 0 Å². The summed E-state index contributed by atoms with van der Waals surface area (Å²) in [7, 11) is 0. The SMILES string of the molecule is C=CC1=C(/C=C\C)C2C(C)N(C(C)=O)C(CCC)C(=O)N2CC1. The van der Waals surface area contributed by atoms with E-state index in [0.29, 0.717) is 6.54 Å². The number of fused-ring (bicyclic) bond motifs is 1. The molecule has 0 aromatic heterocycles. The second-order valence-electron chi connectivity index (χ2n) is 6.38. The van der Waals surface area contributed by atoms with Crippen molar-refractivity contribution in [2.75, 3.05) is 6.54 Å². The van der Waals surface area contributed by atoms with E-state index in [4.69, 9.17) is 0 Å². The van der Waals surface area contributed by atoms with Crippen molar-refractivity contribution in [3.63, 3.8) is 0 Å². The third-order valence-corrected chi connectivity index (χ3v) is 4.97. The summed E-state index contributed by atoms with van der Waals surface area (Å²) >= 11 is 0. The van der Waals surface area contributed by atoms with Gasteiger partial charge in [0.2, 0.25) is 11.8 Å². The first-order chi connectivity index (χ1) is 11.0. The number of hydrogen-bond donors (Lipinski definition) is 0. The molecule has 3 unspecified atom stereocenters. The Bertz CT molecular complexity index is 562. The molecule has 1 fully saturated rings. The zero-order valence-electron chi connectivity index (χ0n) is 14.7. The second kappa shape index (κ2) is 7.16. The van der Waals surface area contributed by atoms with Gasteiger partial charge in [-0.05, 0) is 37.8 Å². The van der Waals surface area contributed by atoms with Gasteiger partial charge in [-0.1, -0.05) is 38.2 Å². The molecule has 0 N–H and O–H groups in total. The number of amides is 2. The summed E-state index contributed by atoms with van der Waals surface area (Å²) in [6.07, 6.45) is 8.40. The molecule has 4 nitrogen and oxygen atoms in total. The highest BCUT2D eigenvalue weighted by Crippen LogP contribution is 2.35. The molecule has 126 valence electrons. The van der Waals surface area contributed by atoms with E-state index >= 15 is 0 Å². The molecule has 2 amide bonds. The maximum Gasteiger partial charge on any atom is 0.245 e. The van der Waals surface area contributed by atoms with Crippen LogP contribution in [0.5, 0.6) is 0 Å². The van der Waals surface area contributed by atoms with Crippen LogP contribution in [0.4, 0.5) is 0 Å². The Morgan fingerprint density at radius 2 is 2.13 bits per heavy atom. The lowest BCUT2D eigenvalue weighted by Crippen LogP contribution is -2.68. The van der Waals surface area contributed by atoms with Gasteiger partial charge in [-0.2, -0.15) is 0 Å². The van der Waals surface area contributed by atoms with Crippen molar-refractivity contribution in [2.24, 2.45) is 0 Å². The van der Waals surface area contributed by atoms with E-state index in [1.807, 2.05) is 24.0 Å². The third kappa shape index (κ3) is 2.99. The van der Waals surface area contributed by atoms with E-state index in [9.17, 15) is 9.59 Å². The zero-order chi connectivity index (χ0) is 17.1. The highest BCUT2D eigenvalue weighted by molar-refractivity contribution is 5.89. The zero-order valence-corrected chi connectivity index (χ0v) is 14.7. The van der Waals surface area contributed by atoms with Crippen molar-refractivity contribution in [1.82, 2.24) is 9.80 Å². The fourth-order valence-electron chi connectivity index (χ4n) is 4.04. The number of carbonyl (C=O) groups is 2. The van der Waals surface area contributed by atoms with Crippen LogP contribution in [0.25, 0.3) is 0 Å². The van der Waals surface area contributed by atoms with Gasteiger partial charge in [0.1, 0.15) is 6.04 Å². The van der Waals surface area contributed by atoms with Gasteiger partial charge in [0.15, 0.2) is 0 Å². The molecule has 0 spiro atoms. The smallest absolute Gasteiger partial charge is 0.245 e. The van der Waals surface area contributed by atoms with Crippen LogP contribution in [0.3, 0.4) is 0 Å². The van der Waals surface area contributed by atoms with E-state index in [2.05, 4.69) is 26.5 Å². The molecule has 0 bridgehead atoms. The summed E-state index contributed by atoms with van der Waals surface area (Å²) < 4.78 is 0. The number of nitrogens with zero attached hydrogens (tertiary/aromatic N) is 2. The molecule has 0 aromatic carbocycles. The van der Waals surface area contributed by atoms with Gasteiger partial charge in [-0.25, -0.2) is 0 Å². The van der Waals surface area contributed by atoms with Crippen LogP contribution in [-0.4, -0.2) is 46.3 Å². The Morgan fingerprint density at radius 1 is 1.43 bits per heavy atom. The predicted octanol–water partition coefficient (Wildman–Crippen LogP) is 3.07. The molecule has 0 aromatic rings. The lowest BCUT2D eigenvalue weighted by molar-refractivity contribution is -0.158. The van der Waals surface area contributed by atoms with Crippen LogP contribution in [0.2, 0.25) is 0 Å². The van der Waals surface area contributed by atoms with Gasteiger partial charge in [-0.15, -0.1) is 0 Å². The molecule has 23 heavy (non-hydrogen) atoms. The maximum absolute atomic E-state index is 13.0. The quantitative estimate of drug-likeness (QED) is 0.800. The van der Waals surface area contributed by atoms with Crippen LogP contribution in [0.1, 0.15) is 47.0 Å². The molecule has 2 aliphatic rings. The Labute approximate surface area is 139 Å². The normalized spacial score (nSPS) is 28.3. The van der Waals surface area contributed by atoms with Gasteiger partial charge >= 0.3 is 0 Å². The lowest BCUT2D eigenvalue weighted by Gasteiger charge is -2.52. The molecule has 4 heteroatoms. The molecule has 2 heterocycles. The summed E-state index contributed by atoms with van der Waals surface area (Å²) in [6, 6.07) is -0.415. The van der Waals surface area contributed by atoms with Crippen molar-refractivity contribution in [3.8, 4) is 0 Å². The predicted molar refractivity (Wildman–Crippen MR) is 92.8 cm³/mol. The first kappa shape index (κ1) is 17.5. The largest absolute Gasteiger partial charge is 0.331 e. The van der Waals surface area contributed by atoms with Gasteiger partial charge in [-0.3, -0.25) is 9.59 Å². The molecule has 0 radical (unpaired) electrons. The molecule has 0 aliphatic carbocycles. The highest BCUT2D eigenvalue weighted by Gasteiger charge is 2.47. The summed E-state index contributed by atoms with van der Waals surface area (Å²) in [5, 5.41) is 0. The second-order valence-corrected chi connectivity index (χ2v) is 6.38. The number of allylic oxidation sites excluding steroid dienone is 2. The Morgan fingerprint density at radius 3 is 2.65 bits per heavy atom.